The lowest BCUT2D eigenvalue weighted by molar-refractivity contribution is 0.471. The zero-order valence-corrected chi connectivity index (χ0v) is 14.7. The predicted octanol–water partition coefficient (Wildman–Crippen LogP) is 5.26. The lowest BCUT2D eigenvalue weighted by atomic mass is 10.0. The lowest BCUT2D eigenvalue weighted by Gasteiger charge is -2.36. The molecule has 0 saturated carbocycles. The van der Waals surface area contributed by atoms with Crippen LogP contribution in [0.3, 0.4) is 0 Å². The summed E-state index contributed by atoms with van der Waals surface area (Å²) in [5.74, 6) is 2.55. The highest BCUT2D eigenvalue weighted by Gasteiger charge is 2.41. The molecular formula is C20H16N2O2S. The largest absolute Gasteiger partial charge is 0.606 e. The summed E-state index contributed by atoms with van der Waals surface area (Å²) in [6.45, 7) is 4.32. The quantitative estimate of drug-likeness (QED) is 0.440. The Morgan fingerprint density at radius 2 is 1.88 bits per heavy atom. The molecule has 0 spiro atoms. The van der Waals surface area contributed by atoms with Crippen LogP contribution in [0, 0.1) is 0 Å². The first-order valence-electron chi connectivity index (χ1n) is 8.27. The van der Waals surface area contributed by atoms with Crippen molar-refractivity contribution in [1.82, 2.24) is 4.98 Å². The van der Waals surface area contributed by atoms with Crippen LogP contribution < -0.4 is 9.64 Å². The van der Waals surface area contributed by atoms with Crippen LogP contribution in [-0.4, -0.2) is 9.54 Å². The van der Waals surface area contributed by atoms with E-state index < -0.39 is 11.2 Å². The fraction of sp³-hybridized carbons (Fsp3) is 0.150. The van der Waals surface area contributed by atoms with Crippen molar-refractivity contribution in [1.29, 1.82) is 0 Å². The number of aromatic nitrogens is 1. The molecule has 4 nitrogen and oxygen atoms in total. The molecule has 25 heavy (non-hydrogen) atoms. The number of ether oxygens (including phenoxy) is 1. The second-order valence-electron chi connectivity index (χ2n) is 6.52. The standard InChI is InChI=1S/C20H16N2O2S/c1-12(2)13-8-9-17-14(11-13)22-19-15(5-3-7-18(19)25(17)23)24-16-6-4-10-21-20(16)22/h3-12H,1-2H3. The average Bonchev–Trinajstić information content (AvgIpc) is 2.64. The van der Waals surface area contributed by atoms with Crippen LogP contribution in [0.2, 0.25) is 0 Å². The molecule has 3 aromatic rings. The van der Waals surface area contributed by atoms with E-state index >= 15 is 0 Å². The number of benzene rings is 2. The number of anilines is 3. The Morgan fingerprint density at radius 1 is 1.04 bits per heavy atom. The molecule has 2 aromatic carbocycles. The minimum absolute atomic E-state index is 0.389. The van der Waals surface area contributed by atoms with Crippen LogP contribution >= 0.6 is 0 Å². The van der Waals surface area contributed by atoms with Crippen molar-refractivity contribution >= 4 is 28.4 Å². The molecule has 2 aliphatic rings. The Balaban J connectivity index is 1.85. The molecule has 0 radical (unpaired) electrons. The molecule has 1 unspecified atom stereocenters. The third-order valence-corrected chi connectivity index (χ3v) is 6.13. The zero-order chi connectivity index (χ0) is 17.1. The summed E-state index contributed by atoms with van der Waals surface area (Å²) in [6, 6.07) is 15.6. The van der Waals surface area contributed by atoms with Gasteiger partial charge in [0, 0.05) is 17.4 Å². The number of fused-ring (bicyclic) bond motifs is 4. The molecule has 0 N–H and O–H groups in total. The van der Waals surface area contributed by atoms with E-state index in [1.165, 1.54) is 5.56 Å². The summed E-state index contributed by atoms with van der Waals surface area (Å²) in [7, 11) is 0. The highest BCUT2D eigenvalue weighted by atomic mass is 32.2. The van der Waals surface area contributed by atoms with Crippen molar-refractivity contribution in [3.8, 4) is 11.5 Å². The minimum Gasteiger partial charge on any atom is -0.606 e. The maximum absolute atomic E-state index is 13.1. The van der Waals surface area contributed by atoms with Gasteiger partial charge in [0.2, 0.25) is 0 Å². The first-order valence-corrected chi connectivity index (χ1v) is 9.42. The third-order valence-electron chi connectivity index (χ3n) is 4.66. The van der Waals surface area contributed by atoms with Gasteiger partial charge in [-0.05, 0) is 47.9 Å². The SMILES string of the molecule is CC(C)c1ccc2c(c1)N1c3ncccc3Oc3cccc(c31)[S+]2[O-]. The number of hydrogen-bond acceptors (Lipinski definition) is 4. The molecule has 0 aliphatic carbocycles. The van der Waals surface area contributed by atoms with Gasteiger partial charge in [0.05, 0.1) is 0 Å². The van der Waals surface area contributed by atoms with Crippen molar-refractivity contribution in [3.05, 3.63) is 60.3 Å². The van der Waals surface area contributed by atoms with Crippen molar-refractivity contribution in [3.63, 3.8) is 0 Å². The number of pyridine rings is 1. The molecular weight excluding hydrogens is 332 g/mol. The van der Waals surface area contributed by atoms with Crippen LogP contribution in [0.25, 0.3) is 0 Å². The first-order chi connectivity index (χ1) is 12.1. The molecule has 0 fully saturated rings. The van der Waals surface area contributed by atoms with Gasteiger partial charge in [-0.1, -0.05) is 26.0 Å². The van der Waals surface area contributed by atoms with Gasteiger partial charge in [-0.3, -0.25) is 4.90 Å². The molecule has 5 rings (SSSR count). The van der Waals surface area contributed by atoms with Gasteiger partial charge in [0.1, 0.15) is 11.4 Å². The van der Waals surface area contributed by atoms with Crippen LogP contribution in [0.5, 0.6) is 11.5 Å². The summed E-state index contributed by atoms with van der Waals surface area (Å²) in [6.07, 6.45) is 1.76. The van der Waals surface area contributed by atoms with E-state index in [2.05, 4.69) is 35.9 Å². The van der Waals surface area contributed by atoms with E-state index in [1.54, 1.807) is 6.20 Å². The van der Waals surface area contributed by atoms with Crippen molar-refractivity contribution < 1.29 is 9.29 Å². The van der Waals surface area contributed by atoms with E-state index in [9.17, 15) is 4.55 Å². The van der Waals surface area contributed by atoms with E-state index in [0.29, 0.717) is 17.4 Å². The smallest absolute Gasteiger partial charge is 0.186 e. The number of hydrogen-bond donors (Lipinski definition) is 0. The van der Waals surface area contributed by atoms with E-state index in [0.717, 1.165) is 27.0 Å². The summed E-state index contributed by atoms with van der Waals surface area (Å²) in [5.41, 5.74) is 2.97. The monoisotopic (exact) mass is 348 g/mol. The normalized spacial score (nSPS) is 16.8. The van der Waals surface area contributed by atoms with Crippen LogP contribution in [0.15, 0.2) is 64.5 Å². The Labute approximate surface area is 149 Å². The summed E-state index contributed by atoms with van der Waals surface area (Å²) >= 11 is -1.24. The summed E-state index contributed by atoms with van der Waals surface area (Å²) < 4.78 is 19.2. The number of nitrogens with zero attached hydrogens (tertiary/aromatic N) is 2. The van der Waals surface area contributed by atoms with E-state index in [1.807, 2.05) is 36.4 Å². The van der Waals surface area contributed by atoms with Gasteiger partial charge in [0.15, 0.2) is 27.1 Å². The number of rotatable bonds is 1. The molecule has 3 heterocycles. The Bertz CT molecular complexity index is 1000. The van der Waals surface area contributed by atoms with Gasteiger partial charge in [-0.25, -0.2) is 4.98 Å². The minimum atomic E-state index is -1.24. The summed E-state index contributed by atoms with van der Waals surface area (Å²) in [5, 5.41) is 0. The molecule has 0 amide bonds. The zero-order valence-electron chi connectivity index (χ0n) is 13.9. The first kappa shape index (κ1) is 14.8. The third kappa shape index (κ3) is 2.03. The number of para-hydroxylation sites is 1. The molecule has 0 bridgehead atoms. The van der Waals surface area contributed by atoms with Crippen molar-refractivity contribution in [2.24, 2.45) is 0 Å². The Kier molecular flexibility index (Phi) is 3.11. The molecule has 0 saturated heterocycles. The van der Waals surface area contributed by atoms with Crippen molar-refractivity contribution in [2.45, 2.75) is 29.6 Å². The van der Waals surface area contributed by atoms with E-state index in [-0.39, 0.29) is 0 Å². The van der Waals surface area contributed by atoms with Crippen molar-refractivity contribution in [2.75, 3.05) is 4.90 Å². The van der Waals surface area contributed by atoms with Gasteiger partial charge < -0.3 is 9.29 Å². The van der Waals surface area contributed by atoms with Gasteiger partial charge >= 0.3 is 0 Å². The molecule has 1 atom stereocenters. The summed E-state index contributed by atoms with van der Waals surface area (Å²) in [4.78, 5) is 8.21. The highest BCUT2D eigenvalue weighted by Crippen LogP contribution is 2.57. The fourth-order valence-electron chi connectivity index (χ4n) is 3.39. The Morgan fingerprint density at radius 3 is 2.72 bits per heavy atom. The fourth-order valence-corrected chi connectivity index (χ4v) is 4.73. The lowest BCUT2D eigenvalue weighted by Crippen LogP contribution is -2.26. The molecule has 2 aliphatic heterocycles. The van der Waals surface area contributed by atoms with Gasteiger partial charge in [-0.2, -0.15) is 0 Å². The Hall–Kier alpha value is -2.50. The maximum atomic E-state index is 13.1. The maximum Gasteiger partial charge on any atom is 0.186 e. The molecule has 1 aromatic heterocycles. The average molecular weight is 348 g/mol. The van der Waals surface area contributed by atoms with Gasteiger partial charge in [-0.15, -0.1) is 0 Å². The predicted molar refractivity (Wildman–Crippen MR) is 97.8 cm³/mol. The highest BCUT2D eigenvalue weighted by molar-refractivity contribution is 7.92. The second-order valence-corrected chi connectivity index (χ2v) is 7.93. The molecule has 5 heteroatoms. The molecule has 124 valence electrons. The van der Waals surface area contributed by atoms with E-state index in [4.69, 9.17) is 4.74 Å². The van der Waals surface area contributed by atoms with Crippen LogP contribution in [0.4, 0.5) is 17.2 Å². The van der Waals surface area contributed by atoms with Gasteiger partial charge in [0.25, 0.3) is 0 Å². The van der Waals surface area contributed by atoms with Crippen LogP contribution in [-0.2, 0) is 11.2 Å². The second kappa shape index (κ2) is 5.25. The van der Waals surface area contributed by atoms with Crippen LogP contribution in [0.1, 0.15) is 25.3 Å². The topological polar surface area (TPSA) is 48.4 Å².